The summed E-state index contributed by atoms with van der Waals surface area (Å²) in [5, 5.41) is 11.1. The lowest BCUT2D eigenvalue weighted by Crippen LogP contribution is -2.23. The van der Waals surface area contributed by atoms with Crippen LogP contribution in [-0.2, 0) is 0 Å². The number of carbonyl (C=O) groups is 1. The van der Waals surface area contributed by atoms with Gasteiger partial charge in [0.25, 0.3) is 5.91 Å². The lowest BCUT2D eigenvalue weighted by Gasteiger charge is -2.03. The second kappa shape index (κ2) is 7.19. The highest BCUT2D eigenvalue weighted by Crippen LogP contribution is 2.18. The molecule has 0 spiro atoms. The number of hydrogen-bond donors (Lipinski definition) is 1. The molecule has 0 radical (unpaired) electrons. The summed E-state index contributed by atoms with van der Waals surface area (Å²) in [5.41, 5.74) is 2.16. The third-order valence-electron chi connectivity index (χ3n) is 2.70. The predicted octanol–water partition coefficient (Wildman–Crippen LogP) is 4.24. The van der Waals surface area contributed by atoms with Crippen LogP contribution in [0.2, 0.25) is 0 Å². The molecule has 0 saturated carbocycles. The summed E-state index contributed by atoms with van der Waals surface area (Å²) in [5.74, 6) is -0.0570. The van der Waals surface area contributed by atoms with E-state index in [2.05, 4.69) is 15.5 Å². The highest BCUT2D eigenvalue weighted by molar-refractivity contribution is 5.94. The summed E-state index contributed by atoms with van der Waals surface area (Å²) >= 11 is 0. The van der Waals surface area contributed by atoms with Crippen LogP contribution < -0.4 is 5.32 Å². The Morgan fingerprint density at radius 2 is 1.55 bits per heavy atom. The zero-order valence-corrected chi connectivity index (χ0v) is 11.4. The van der Waals surface area contributed by atoms with Crippen LogP contribution >= 0.6 is 0 Å². The maximum absolute atomic E-state index is 11.7. The average molecular weight is 267 g/mol. The molecular formula is C16H17N3O. The fourth-order valence-electron chi connectivity index (χ4n) is 1.63. The molecule has 4 heteroatoms. The summed E-state index contributed by atoms with van der Waals surface area (Å²) in [6, 6.07) is 16.6. The van der Waals surface area contributed by atoms with Gasteiger partial charge in [-0.1, -0.05) is 25.1 Å². The number of rotatable bonds is 5. The van der Waals surface area contributed by atoms with Crippen molar-refractivity contribution in [1.29, 1.82) is 0 Å². The third-order valence-corrected chi connectivity index (χ3v) is 2.70. The highest BCUT2D eigenvalue weighted by Gasteiger charge is 2.03. The normalized spacial score (nSPS) is 10.7. The molecule has 0 atom stereocenters. The first-order valence-corrected chi connectivity index (χ1v) is 6.64. The molecule has 0 aromatic heterocycles. The van der Waals surface area contributed by atoms with Gasteiger partial charge in [0, 0.05) is 12.1 Å². The molecule has 0 aliphatic carbocycles. The standard InChI is InChI=1S/C16H17N3O/c1-2-12-17-16(20)13-8-10-15(11-9-13)19-18-14-6-4-3-5-7-14/h3-11H,2,12H2,1H3,(H,17,20). The van der Waals surface area contributed by atoms with E-state index in [1.807, 2.05) is 37.3 Å². The monoisotopic (exact) mass is 267 g/mol. The maximum Gasteiger partial charge on any atom is 0.251 e. The molecule has 1 amide bonds. The number of carbonyl (C=O) groups excluding carboxylic acids is 1. The zero-order chi connectivity index (χ0) is 14.2. The van der Waals surface area contributed by atoms with E-state index in [1.54, 1.807) is 24.3 Å². The molecular weight excluding hydrogens is 250 g/mol. The van der Waals surface area contributed by atoms with Crippen molar-refractivity contribution in [2.75, 3.05) is 6.54 Å². The highest BCUT2D eigenvalue weighted by atomic mass is 16.1. The number of nitrogens with one attached hydrogen (secondary N) is 1. The van der Waals surface area contributed by atoms with E-state index in [9.17, 15) is 4.79 Å². The van der Waals surface area contributed by atoms with Gasteiger partial charge in [0.1, 0.15) is 0 Å². The Hall–Kier alpha value is -2.49. The Morgan fingerprint density at radius 3 is 2.15 bits per heavy atom. The molecule has 0 heterocycles. The minimum absolute atomic E-state index is 0.0570. The summed E-state index contributed by atoms with van der Waals surface area (Å²) in [6.07, 6.45) is 0.926. The van der Waals surface area contributed by atoms with E-state index in [-0.39, 0.29) is 5.91 Å². The first-order chi connectivity index (χ1) is 9.79. The first kappa shape index (κ1) is 13.9. The maximum atomic E-state index is 11.7. The van der Waals surface area contributed by atoms with E-state index in [0.29, 0.717) is 12.1 Å². The molecule has 0 aliphatic rings. The topological polar surface area (TPSA) is 53.8 Å². The van der Waals surface area contributed by atoms with Gasteiger partial charge in [0.2, 0.25) is 0 Å². The fraction of sp³-hybridized carbons (Fsp3) is 0.188. The molecule has 0 unspecified atom stereocenters. The van der Waals surface area contributed by atoms with Gasteiger partial charge in [-0.25, -0.2) is 0 Å². The number of benzene rings is 2. The molecule has 102 valence electrons. The summed E-state index contributed by atoms with van der Waals surface area (Å²) in [6.45, 7) is 2.71. The van der Waals surface area contributed by atoms with Crippen molar-refractivity contribution in [3.05, 3.63) is 60.2 Å². The van der Waals surface area contributed by atoms with Crippen LogP contribution in [0, 0.1) is 0 Å². The third kappa shape index (κ3) is 4.02. The van der Waals surface area contributed by atoms with Crippen molar-refractivity contribution < 1.29 is 4.79 Å². The fourth-order valence-corrected chi connectivity index (χ4v) is 1.63. The smallest absolute Gasteiger partial charge is 0.251 e. The molecule has 0 saturated heterocycles. The van der Waals surface area contributed by atoms with Crippen LogP contribution in [0.25, 0.3) is 0 Å². The minimum atomic E-state index is -0.0570. The first-order valence-electron chi connectivity index (χ1n) is 6.64. The molecule has 0 bridgehead atoms. The molecule has 2 rings (SSSR count). The second-order valence-corrected chi connectivity index (χ2v) is 4.34. The molecule has 0 aliphatic heterocycles. The van der Waals surface area contributed by atoms with Crippen molar-refractivity contribution in [3.63, 3.8) is 0 Å². The Balaban J connectivity index is 2.01. The van der Waals surface area contributed by atoms with Crippen molar-refractivity contribution in [1.82, 2.24) is 5.32 Å². The van der Waals surface area contributed by atoms with Gasteiger partial charge in [0.05, 0.1) is 11.4 Å². The number of azo groups is 1. The summed E-state index contributed by atoms with van der Waals surface area (Å²) in [4.78, 5) is 11.7. The second-order valence-electron chi connectivity index (χ2n) is 4.34. The van der Waals surface area contributed by atoms with Crippen LogP contribution in [-0.4, -0.2) is 12.5 Å². The van der Waals surface area contributed by atoms with Crippen LogP contribution in [0.15, 0.2) is 64.8 Å². The SMILES string of the molecule is CCCNC(=O)c1ccc(N=Nc2ccccc2)cc1. The van der Waals surface area contributed by atoms with Gasteiger partial charge in [-0.2, -0.15) is 10.2 Å². The van der Waals surface area contributed by atoms with E-state index in [0.717, 1.165) is 17.8 Å². The van der Waals surface area contributed by atoms with Gasteiger partial charge in [-0.05, 0) is 42.8 Å². The predicted molar refractivity (Wildman–Crippen MR) is 79.7 cm³/mol. The Morgan fingerprint density at radius 1 is 0.950 bits per heavy atom. The number of hydrogen-bond acceptors (Lipinski definition) is 3. The lowest BCUT2D eigenvalue weighted by atomic mass is 10.2. The Labute approximate surface area is 118 Å². The van der Waals surface area contributed by atoms with Crippen molar-refractivity contribution in [2.24, 2.45) is 10.2 Å². The Bertz CT molecular complexity index is 576. The van der Waals surface area contributed by atoms with Gasteiger partial charge < -0.3 is 5.32 Å². The molecule has 1 N–H and O–H groups in total. The van der Waals surface area contributed by atoms with Crippen molar-refractivity contribution in [3.8, 4) is 0 Å². The van der Waals surface area contributed by atoms with E-state index >= 15 is 0 Å². The Kier molecular flexibility index (Phi) is 5.00. The molecule has 0 fully saturated rings. The van der Waals surface area contributed by atoms with Crippen LogP contribution in [0.3, 0.4) is 0 Å². The van der Waals surface area contributed by atoms with E-state index in [1.165, 1.54) is 0 Å². The number of nitrogens with zero attached hydrogens (tertiary/aromatic N) is 2. The molecule has 20 heavy (non-hydrogen) atoms. The van der Waals surface area contributed by atoms with Crippen molar-refractivity contribution in [2.45, 2.75) is 13.3 Å². The lowest BCUT2D eigenvalue weighted by molar-refractivity contribution is 0.0953. The van der Waals surface area contributed by atoms with Crippen molar-refractivity contribution >= 4 is 17.3 Å². The van der Waals surface area contributed by atoms with Crippen LogP contribution in [0.5, 0.6) is 0 Å². The average Bonchev–Trinajstić information content (AvgIpc) is 2.52. The van der Waals surface area contributed by atoms with Crippen LogP contribution in [0.1, 0.15) is 23.7 Å². The van der Waals surface area contributed by atoms with E-state index < -0.39 is 0 Å². The van der Waals surface area contributed by atoms with Gasteiger partial charge in [0.15, 0.2) is 0 Å². The zero-order valence-electron chi connectivity index (χ0n) is 11.4. The number of amides is 1. The van der Waals surface area contributed by atoms with Crippen LogP contribution in [0.4, 0.5) is 11.4 Å². The van der Waals surface area contributed by atoms with Gasteiger partial charge in [-0.15, -0.1) is 0 Å². The summed E-state index contributed by atoms with van der Waals surface area (Å²) < 4.78 is 0. The minimum Gasteiger partial charge on any atom is -0.352 e. The van der Waals surface area contributed by atoms with Gasteiger partial charge >= 0.3 is 0 Å². The quantitative estimate of drug-likeness (QED) is 0.809. The largest absolute Gasteiger partial charge is 0.352 e. The summed E-state index contributed by atoms with van der Waals surface area (Å²) in [7, 11) is 0. The molecule has 2 aromatic carbocycles. The molecule has 2 aromatic rings. The van der Waals surface area contributed by atoms with Gasteiger partial charge in [-0.3, -0.25) is 4.79 Å². The van der Waals surface area contributed by atoms with E-state index in [4.69, 9.17) is 0 Å². The molecule has 4 nitrogen and oxygen atoms in total.